The van der Waals surface area contributed by atoms with Gasteiger partial charge in [0, 0.05) is 18.0 Å². The van der Waals surface area contributed by atoms with Crippen molar-refractivity contribution in [3.63, 3.8) is 0 Å². The van der Waals surface area contributed by atoms with Gasteiger partial charge in [-0.05, 0) is 37.6 Å². The Kier molecular flexibility index (Phi) is 4.07. The van der Waals surface area contributed by atoms with Crippen LogP contribution in [-0.4, -0.2) is 20.7 Å². The number of aryl methyl sites for hydroxylation is 2. The Morgan fingerprint density at radius 2 is 1.83 bits per heavy atom. The number of rotatable bonds is 3. The van der Waals surface area contributed by atoms with Crippen molar-refractivity contribution in [2.45, 2.75) is 13.8 Å². The van der Waals surface area contributed by atoms with Gasteiger partial charge in [0.1, 0.15) is 11.5 Å². The summed E-state index contributed by atoms with van der Waals surface area (Å²) in [5, 5.41) is 6.62. The summed E-state index contributed by atoms with van der Waals surface area (Å²) in [6.45, 7) is 3.52. The first-order chi connectivity index (χ1) is 11.5. The first-order valence-corrected chi connectivity index (χ1v) is 7.20. The van der Waals surface area contributed by atoms with Gasteiger partial charge in [-0.25, -0.2) is 18.4 Å². The minimum Gasteiger partial charge on any atom is -0.305 e. The van der Waals surface area contributed by atoms with E-state index in [1.807, 2.05) is 13.0 Å². The molecular formula is C17H14F2N4O. The fourth-order valence-electron chi connectivity index (χ4n) is 2.22. The lowest BCUT2D eigenvalue weighted by Crippen LogP contribution is -2.15. The lowest BCUT2D eigenvalue weighted by molar-refractivity contribution is 0.102. The molecular weight excluding hydrogens is 314 g/mol. The number of pyridine rings is 1. The highest BCUT2D eigenvalue weighted by molar-refractivity contribution is 6.03. The van der Waals surface area contributed by atoms with E-state index < -0.39 is 17.5 Å². The predicted molar refractivity (Wildman–Crippen MR) is 85.1 cm³/mol. The number of para-hydroxylation sites is 1. The fourth-order valence-corrected chi connectivity index (χ4v) is 2.22. The monoisotopic (exact) mass is 328 g/mol. The number of benzene rings is 1. The molecule has 0 aliphatic rings. The van der Waals surface area contributed by atoms with E-state index in [-0.39, 0.29) is 11.4 Å². The maximum Gasteiger partial charge on any atom is 0.277 e. The number of halogens is 2. The van der Waals surface area contributed by atoms with E-state index >= 15 is 0 Å². The molecule has 3 aromatic rings. The maximum atomic E-state index is 13.9. The summed E-state index contributed by atoms with van der Waals surface area (Å²) in [5.74, 6) is -1.65. The summed E-state index contributed by atoms with van der Waals surface area (Å²) in [5.41, 5.74) is 1.19. The van der Waals surface area contributed by atoms with E-state index in [0.29, 0.717) is 11.4 Å². The van der Waals surface area contributed by atoms with Gasteiger partial charge in [-0.15, -0.1) is 0 Å². The van der Waals surface area contributed by atoms with Crippen LogP contribution in [0.3, 0.4) is 0 Å². The average molecular weight is 328 g/mol. The van der Waals surface area contributed by atoms with Gasteiger partial charge in [0.05, 0.1) is 0 Å². The highest BCUT2D eigenvalue weighted by Crippen LogP contribution is 2.19. The highest BCUT2D eigenvalue weighted by Gasteiger charge is 2.18. The molecule has 2 aromatic heterocycles. The van der Waals surface area contributed by atoms with Crippen LogP contribution < -0.4 is 5.32 Å². The number of nitrogens with zero attached hydrogens (tertiary/aromatic N) is 3. The molecule has 0 aliphatic carbocycles. The van der Waals surface area contributed by atoms with Crippen LogP contribution in [0, 0.1) is 25.5 Å². The van der Waals surface area contributed by atoms with Crippen molar-refractivity contribution in [2.24, 2.45) is 0 Å². The van der Waals surface area contributed by atoms with Crippen molar-refractivity contribution in [2.75, 3.05) is 5.32 Å². The first kappa shape index (κ1) is 15.8. The number of hydrogen-bond acceptors (Lipinski definition) is 3. The van der Waals surface area contributed by atoms with Gasteiger partial charge in [0.2, 0.25) is 0 Å². The SMILES string of the molecule is Cc1ccc(NC(=O)c2nn(-c3c(F)cccc3F)cc2C)nc1. The number of nitrogens with one attached hydrogen (secondary N) is 1. The van der Waals surface area contributed by atoms with E-state index in [9.17, 15) is 13.6 Å². The van der Waals surface area contributed by atoms with Crippen LogP contribution in [-0.2, 0) is 0 Å². The van der Waals surface area contributed by atoms with Gasteiger partial charge in [0.25, 0.3) is 5.91 Å². The minimum absolute atomic E-state index is 0.0695. The molecule has 1 aromatic carbocycles. The Labute approximate surface area is 137 Å². The van der Waals surface area contributed by atoms with Gasteiger partial charge in [0.15, 0.2) is 17.3 Å². The molecule has 1 N–H and O–H groups in total. The first-order valence-electron chi connectivity index (χ1n) is 7.20. The van der Waals surface area contributed by atoms with E-state index in [1.54, 1.807) is 19.2 Å². The molecule has 0 aliphatic heterocycles. The Hall–Kier alpha value is -3.09. The summed E-state index contributed by atoms with van der Waals surface area (Å²) in [6.07, 6.45) is 3.02. The van der Waals surface area contributed by atoms with Crippen LogP contribution in [0.25, 0.3) is 5.69 Å². The standard InChI is InChI=1S/C17H14F2N4O/c1-10-6-7-14(20-8-10)21-17(24)15-11(2)9-23(22-15)16-12(18)4-3-5-13(16)19/h3-9H,1-2H3,(H,20,21,24). The maximum absolute atomic E-state index is 13.9. The van der Waals surface area contributed by atoms with Crippen molar-refractivity contribution in [1.82, 2.24) is 14.8 Å². The van der Waals surface area contributed by atoms with Crippen molar-refractivity contribution >= 4 is 11.7 Å². The number of carbonyl (C=O) groups excluding carboxylic acids is 1. The van der Waals surface area contributed by atoms with Crippen LogP contribution in [0.5, 0.6) is 0 Å². The third-order valence-electron chi connectivity index (χ3n) is 3.43. The third kappa shape index (κ3) is 3.01. The number of amides is 1. The Morgan fingerprint density at radius 3 is 2.46 bits per heavy atom. The molecule has 2 heterocycles. The largest absolute Gasteiger partial charge is 0.305 e. The number of aromatic nitrogens is 3. The van der Waals surface area contributed by atoms with Crippen molar-refractivity contribution < 1.29 is 13.6 Å². The topological polar surface area (TPSA) is 59.8 Å². The van der Waals surface area contributed by atoms with Gasteiger partial charge < -0.3 is 5.32 Å². The number of hydrogen-bond donors (Lipinski definition) is 1. The van der Waals surface area contributed by atoms with Crippen LogP contribution >= 0.6 is 0 Å². The summed E-state index contributed by atoms with van der Waals surface area (Å²) >= 11 is 0. The molecule has 1 amide bonds. The molecule has 0 saturated heterocycles. The highest BCUT2D eigenvalue weighted by atomic mass is 19.1. The van der Waals surface area contributed by atoms with Gasteiger partial charge in [-0.3, -0.25) is 4.79 Å². The lowest BCUT2D eigenvalue weighted by atomic mass is 10.2. The van der Waals surface area contributed by atoms with Crippen molar-refractivity contribution in [3.8, 4) is 5.69 Å². The quantitative estimate of drug-likeness (QED) is 0.801. The Morgan fingerprint density at radius 1 is 1.12 bits per heavy atom. The van der Waals surface area contributed by atoms with E-state index in [1.165, 1.54) is 12.3 Å². The van der Waals surface area contributed by atoms with E-state index in [2.05, 4.69) is 15.4 Å². The number of carbonyl (C=O) groups is 1. The molecule has 0 spiro atoms. The second-order valence-corrected chi connectivity index (χ2v) is 5.35. The summed E-state index contributed by atoms with van der Waals surface area (Å²) in [4.78, 5) is 16.4. The zero-order chi connectivity index (χ0) is 17.3. The molecule has 5 nitrogen and oxygen atoms in total. The minimum atomic E-state index is -0.760. The molecule has 122 valence electrons. The van der Waals surface area contributed by atoms with Crippen LogP contribution in [0.1, 0.15) is 21.6 Å². The molecule has 24 heavy (non-hydrogen) atoms. The zero-order valence-electron chi connectivity index (χ0n) is 13.0. The van der Waals surface area contributed by atoms with Gasteiger partial charge in [-0.1, -0.05) is 12.1 Å². The molecule has 7 heteroatoms. The van der Waals surface area contributed by atoms with Crippen molar-refractivity contribution in [1.29, 1.82) is 0 Å². The second-order valence-electron chi connectivity index (χ2n) is 5.35. The molecule has 0 radical (unpaired) electrons. The second kappa shape index (κ2) is 6.19. The smallest absolute Gasteiger partial charge is 0.277 e. The molecule has 0 atom stereocenters. The van der Waals surface area contributed by atoms with E-state index in [0.717, 1.165) is 22.4 Å². The number of anilines is 1. The Balaban J connectivity index is 1.91. The predicted octanol–water partition coefficient (Wildman–Crippen LogP) is 3.41. The average Bonchev–Trinajstić information content (AvgIpc) is 2.91. The van der Waals surface area contributed by atoms with Crippen LogP contribution in [0.4, 0.5) is 14.6 Å². The molecule has 0 unspecified atom stereocenters. The van der Waals surface area contributed by atoms with E-state index in [4.69, 9.17) is 0 Å². The normalized spacial score (nSPS) is 10.7. The molecule has 0 fully saturated rings. The lowest BCUT2D eigenvalue weighted by Gasteiger charge is -2.05. The Bertz CT molecular complexity index is 883. The summed E-state index contributed by atoms with van der Waals surface area (Å²) < 4.78 is 28.7. The van der Waals surface area contributed by atoms with Crippen LogP contribution in [0.15, 0.2) is 42.7 Å². The summed E-state index contributed by atoms with van der Waals surface area (Å²) in [7, 11) is 0. The fraction of sp³-hybridized carbons (Fsp3) is 0.118. The third-order valence-corrected chi connectivity index (χ3v) is 3.43. The molecule has 3 rings (SSSR count). The van der Waals surface area contributed by atoms with Gasteiger partial charge >= 0.3 is 0 Å². The molecule has 0 bridgehead atoms. The van der Waals surface area contributed by atoms with Gasteiger partial charge in [-0.2, -0.15) is 5.10 Å². The van der Waals surface area contributed by atoms with Crippen molar-refractivity contribution in [3.05, 3.63) is 71.2 Å². The summed E-state index contributed by atoms with van der Waals surface area (Å²) in [6, 6.07) is 7.00. The van der Waals surface area contributed by atoms with Crippen LogP contribution in [0.2, 0.25) is 0 Å². The zero-order valence-corrected chi connectivity index (χ0v) is 13.0. The molecule has 0 saturated carbocycles.